The Labute approximate surface area is 103 Å². The van der Waals surface area contributed by atoms with Gasteiger partial charge < -0.3 is 0 Å². The number of rotatable bonds is 3. The Morgan fingerprint density at radius 3 is 2.47 bits per heavy atom. The van der Waals surface area contributed by atoms with Crippen LogP contribution in [0, 0.1) is 11.7 Å². The molecule has 0 saturated heterocycles. The zero-order chi connectivity index (χ0) is 12.3. The van der Waals surface area contributed by atoms with Crippen LogP contribution in [0.25, 0.3) is 5.57 Å². The highest BCUT2D eigenvalue weighted by Gasteiger charge is 2.13. The molecule has 0 unspecified atom stereocenters. The molecular weight excluding hydrogens is 213 g/mol. The number of nitrogens with zero attached hydrogens (tertiary/aromatic N) is 1. The van der Waals surface area contributed by atoms with Crippen molar-refractivity contribution in [2.45, 2.75) is 20.3 Å². The van der Waals surface area contributed by atoms with Crippen molar-refractivity contribution in [1.82, 2.24) is 4.90 Å². The molecule has 1 aromatic carbocycles. The van der Waals surface area contributed by atoms with Crippen molar-refractivity contribution in [2.75, 3.05) is 19.6 Å². The smallest absolute Gasteiger partial charge is 0.123 e. The largest absolute Gasteiger partial charge is 0.299 e. The second kappa shape index (κ2) is 5.46. The van der Waals surface area contributed by atoms with E-state index in [9.17, 15) is 4.39 Å². The minimum atomic E-state index is -0.161. The van der Waals surface area contributed by atoms with Crippen molar-refractivity contribution >= 4 is 5.57 Å². The molecule has 1 heterocycles. The van der Waals surface area contributed by atoms with E-state index >= 15 is 0 Å². The molecule has 0 saturated carbocycles. The Morgan fingerprint density at radius 2 is 1.94 bits per heavy atom. The predicted molar refractivity (Wildman–Crippen MR) is 70.3 cm³/mol. The lowest BCUT2D eigenvalue weighted by atomic mass is 9.99. The molecule has 2 rings (SSSR count). The van der Waals surface area contributed by atoms with Gasteiger partial charge in [-0.05, 0) is 35.6 Å². The lowest BCUT2D eigenvalue weighted by Crippen LogP contribution is -2.31. The van der Waals surface area contributed by atoms with Gasteiger partial charge in [0.05, 0.1) is 0 Å². The number of hydrogen-bond donors (Lipinski definition) is 0. The van der Waals surface area contributed by atoms with Crippen LogP contribution in [0.3, 0.4) is 0 Å². The van der Waals surface area contributed by atoms with E-state index in [-0.39, 0.29) is 5.82 Å². The van der Waals surface area contributed by atoms with E-state index in [1.807, 2.05) is 12.1 Å². The van der Waals surface area contributed by atoms with Gasteiger partial charge >= 0.3 is 0 Å². The van der Waals surface area contributed by atoms with E-state index in [2.05, 4.69) is 24.8 Å². The molecule has 0 atom stereocenters. The van der Waals surface area contributed by atoms with E-state index in [1.165, 1.54) is 17.7 Å². The van der Waals surface area contributed by atoms with Gasteiger partial charge in [0.2, 0.25) is 0 Å². The van der Waals surface area contributed by atoms with Crippen LogP contribution in [0.2, 0.25) is 0 Å². The summed E-state index contributed by atoms with van der Waals surface area (Å²) in [6, 6.07) is 6.83. The van der Waals surface area contributed by atoms with Crippen LogP contribution in [-0.4, -0.2) is 24.5 Å². The Morgan fingerprint density at radius 1 is 1.24 bits per heavy atom. The fourth-order valence-corrected chi connectivity index (χ4v) is 2.32. The molecule has 0 radical (unpaired) electrons. The Hall–Kier alpha value is -1.15. The number of halogens is 1. The highest BCUT2D eigenvalue weighted by molar-refractivity contribution is 5.66. The second-order valence-corrected chi connectivity index (χ2v) is 5.14. The maximum absolute atomic E-state index is 12.8. The second-order valence-electron chi connectivity index (χ2n) is 5.14. The Kier molecular flexibility index (Phi) is 3.95. The normalized spacial score (nSPS) is 17.3. The minimum Gasteiger partial charge on any atom is -0.299 e. The van der Waals surface area contributed by atoms with Crippen molar-refractivity contribution in [3.8, 4) is 0 Å². The highest BCUT2D eigenvalue weighted by Crippen LogP contribution is 2.22. The van der Waals surface area contributed by atoms with E-state index in [1.54, 1.807) is 0 Å². The summed E-state index contributed by atoms with van der Waals surface area (Å²) in [5.74, 6) is 0.558. The van der Waals surface area contributed by atoms with Crippen LogP contribution < -0.4 is 0 Å². The van der Waals surface area contributed by atoms with Crippen molar-refractivity contribution in [3.05, 3.63) is 41.7 Å². The molecule has 17 heavy (non-hydrogen) atoms. The highest BCUT2D eigenvalue weighted by atomic mass is 19.1. The van der Waals surface area contributed by atoms with Crippen LogP contribution in [0.15, 0.2) is 30.3 Å². The number of benzene rings is 1. The van der Waals surface area contributed by atoms with Crippen LogP contribution >= 0.6 is 0 Å². The summed E-state index contributed by atoms with van der Waals surface area (Å²) in [7, 11) is 0. The average Bonchev–Trinajstić information content (AvgIpc) is 2.30. The van der Waals surface area contributed by atoms with Gasteiger partial charge in [-0.15, -0.1) is 0 Å². The molecule has 1 aliphatic heterocycles. The van der Waals surface area contributed by atoms with Gasteiger partial charge in [-0.2, -0.15) is 0 Å². The summed E-state index contributed by atoms with van der Waals surface area (Å²) in [4.78, 5) is 2.47. The molecule has 1 nitrogen and oxygen atoms in total. The van der Waals surface area contributed by atoms with Gasteiger partial charge in [0.1, 0.15) is 5.82 Å². The minimum absolute atomic E-state index is 0.161. The van der Waals surface area contributed by atoms with Crippen molar-refractivity contribution in [3.63, 3.8) is 0 Å². The number of hydrogen-bond acceptors (Lipinski definition) is 1. The van der Waals surface area contributed by atoms with Crippen LogP contribution in [0.4, 0.5) is 4.39 Å². The van der Waals surface area contributed by atoms with Crippen molar-refractivity contribution in [1.29, 1.82) is 0 Å². The summed E-state index contributed by atoms with van der Waals surface area (Å²) < 4.78 is 12.8. The van der Waals surface area contributed by atoms with Gasteiger partial charge in [-0.3, -0.25) is 4.90 Å². The van der Waals surface area contributed by atoms with Crippen molar-refractivity contribution < 1.29 is 4.39 Å². The summed E-state index contributed by atoms with van der Waals surface area (Å²) in [6.07, 6.45) is 3.34. The lowest BCUT2D eigenvalue weighted by Gasteiger charge is -2.27. The predicted octanol–water partition coefficient (Wildman–Crippen LogP) is 3.57. The first-order chi connectivity index (χ1) is 8.15. The molecule has 1 aliphatic rings. The monoisotopic (exact) mass is 233 g/mol. The van der Waals surface area contributed by atoms with E-state index in [4.69, 9.17) is 0 Å². The summed E-state index contributed by atoms with van der Waals surface area (Å²) in [5, 5.41) is 0. The van der Waals surface area contributed by atoms with Gasteiger partial charge in [-0.25, -0.2) is 4.39 Å². The first kappa shape index (κ1) is 12.3. The zero-order valence-electron chi connectivity index (χ0n) is 10.6. The van der Waals surface area contributed by atoms with Crippen LogP contribution in [-0.2, 0) is 0 Å². The molecule has 0 aliphatic carbocycles. The Balaban J connectivity index is 2.00. The van der Waals surface area contributed by atoms with E-state index in [0.29, 0.717) is 0 Å². The van der Waals surface area contributed by atoms with Gasteiger partial charge in [-0.1, -0.05) is 32.1 Å². The standard InChI is InChI=1S/C15H20FN/c1-12(2)11-17-9-7-14(8-10-17)13-3-5-15(16)6-4-13/h3-7,12H,8-11H2,1-2H3. The molecule has 92 valence electrons. The molecule has 0 aromatic heterocycles. The molecule has 0 spiro atoms. The third-order valence-corrected chi connectivity index (χ3v) is 3.13. The maximum Gasteiger partial charge on any atom is 0.123 e. The third kappa shape index (κ3) is 3.40. The van der Waals surface area contributed by atoms with Crippen molar-refractivity contribution in [2.24, 2.45) is 5.92 Å². The van der Waals surface area contributed by atoms with Gasteiger partial charge in [0.25, 0.3) is 0 Å². The van der Waals surface area contributed by atoms with E-state index < -0.39 is 0 Å². The maximum atomic E-state index is 12.8. The molecule has 2 heteroatoms. The first-order valence-electron chi connectivity index (χ1n) is 6.32. The third-order valence-electron chi connectivity index (χ3n) is 3.13. The van der Waals surface area contributed by atoms with E-state index in [0.717, 1.165) is 37.5 Å². The summed E-state index contributed by atoms with van der Waals surface area (Å²) in [5.41, 5.74) is 2.51. The van der Waals surface area contributed by atoms with Gasteiger partial charge in [0.15, 0.2) is 0 Å². The zero-order valence-corrected chi connectivity index (χ0v) is 10.6. The average molecular weight is 233 g/mol. The quantitative estimate of drug-likeness (QED) is 0.771. The molecule has 0 bridgehead atoms. The molecule has 0 amide bonds. The lowest BCUT2D eigenvalue weighted by molar-refractivity contribution is 0.268. The fraction of sp³-hybridized carbons (Fsp3) is 0.467. The Bertz CT molecular complexity index is 392. The SMILES string of the molecule is CC(C)CN1CC=C(c2ccc(F)cc2)CC1. The van der Waals surface area contributed by atoms with Gasteiger partial charge in [0, 0.05) is 19.6 Å². The topological polar surface area (TPSA) is 3.24 Å². The van der Waals surface area contributed by atoms with Crippen LogP contribution in [0.5, 0.6) is 0 Å². The first-order valence-corrected chi connectivity index (χ1v) is 6.32. The van der Waals surface area contributed by atoms with Crippen LogP contribution in [0.1, 0.15) is 25.8 Å². The molecule has 1 aromatic rings. The molecular formula is C15H20FN. The summed E-state index contributed by atoms with van der Waals surface area (Å²) >= 11 is 0. The molecule has 0 fully saturated rings. The molecule has 0 N–H and O–H groups in total. The summed E-state index contributed by atoms with van der Waals surface area (Å²) in [6.45, 7) is 7.79. The fourth-order valence-electron chi connectivity index (χ4n) is 2.32.